The molecule has 0 bridgehead atoms. The van der Waals surface area contributed by atoms with Gasteiger partial charge in [0.05, 0.1) is 19.5 Å². The van der Waals surface area contributed by atoms with Crippen LogP contribution < -0.4 is 25.8 Å². The number of anilines is 1. The van der Waals surface area contributed by atoms with E-state index in [9.17, 15) is 4.79 Å². The molecule has 0 fully saturated rings. The van der Waals surface area contributed by atoms with Crippen molar-refractivity contribution in [2.45, 2.75) is 19.8 Å². The van der Waals surface area contributed by atoms with Crippen LogP contribution in [-0.2, 0) is 0 Å². The Labute approximate surface area is 157 Å². The Bertz CT molecular complexity index is 816. The number of carbonyl (C=O) groups excluding carboxylic acids is 1. The molecule has 1 aromatic carbocycles. The molecule has 0 unspecified atom stereocenters. The van der Waals surface area contributed by atoms with Gasteiger partial charge in [0.25, 0.3) is 5.91 Å². The van der Waals surface area contributed by atoms with Crippen LogP contribution >= 0.6 is 0 Å². The van der Waals surface area contributed by atoms with Crippen LogP contribution in [0.3, 0.4) is 0 Å². The third-order valence-corrected chi connectivity index (χ3v) is 3.99. The van der Waals surface area contributed by atoms with E-state index in [1.807, 2.05) is 25.1 Å². The molecule has 3 rings (SSSR count). The van der Waals surface area contributed by atoms with Gasteiger partial charge in [-0.3, -0.25) is 9.79 Å². The molecular weight excluding hydrogens is 348 g/mol. The number of aliphatic imine (C=N–C) groups is 1. The quantitative estimate of drug-likeness (QED) is 0.408. The van der Waals surface area contributed by atoms with Gasteiger partial charge in [-0.05, 0) is 31.5 Å². The van der Waals surface area contributed by atoms with Crippen molar-refractivity contribution >= 4 is 17.6 Å². The molecule has 1 aliphatic heterocycles. The second-order valence-corrected chi connectivity index (χ2v) is 6.15. The molecule has 0 saturated heterocycles. The van der Waals surface area contributed by atoms with Crippen LogP contribution in [0.15, 0.2) is 39.9 Å². The number of hydrogen-bond acceptors (Lipinski definition) is 5. The molecule has 8 nitrogen and oxygen atoms in total. The first-order chi connectivity index (χ1) is 13.1. The van der Waals surface area contributed by atoms with Crippen LogP contribution in [0.1, 0.15) is 29.0 Å². The topological polar surface area (TPSA) is 111 Å². The fourth-order valence-electron chi connectivity index (χ4n) is 2.59. The van der Waals surface area contributed by atoms with E-state index in [1.54, 1.807) is 6.07 Å². The van der Waals surface area contributed by atoms with Crippen molar-refractivity contribution in [3.05, 3.63) is 41.9 Å². The van der Waals surface area contributed by atoms with E-state index >= 15 is 0 Å². The highest BCUT2D eigenvalue weighted by Crippen LogP contribution is 2.32. The third-order valence-electron chi connectivity index (χ3n) is 3.99. The van der Waals surface area contributed by atoms with Crippen molar-refractivity contribution in [3.63, 3.8) is 0 Å². The van der Waals surface area contributed by atoms with Gasteiger partial charge in [-0.2, -0.15) is 0 Å². The molecule has 0 radical (unpaired) electrons. The van der Waals surface area contributed by atoms with Gasteiger partial charge in [-0.1, -0.05) is 0 Å². The Balaban J connectivity index is 1.42. The number of benzene rings is 1. The number of nitrogens with two attached hydrogens (primary N) is 1. The van der Waals surface area contributed by atoms with E-state index in [0.29, 0.717) is 50.2 Å². The lowest BCUT2D eigenvalue weighted by molar-refractivity contribution is 0.0925. The normalized spacial score (nSPS) is 13.7. The first-order valence-electron chi connectivity index (χ1n) is 8.92. The lowest BCUT2D eigenvalue weighted by Gasteiger charge is -2.10. The smallest absolute Gasteiger partial charge is 0.287 e. The van der Waals surface area contributed by atoms with Crippen LogP contribution in [0.4, 0.5) is 5.69 Å². The molecule has 8 heteroatoms. The summed E-state index contributed by atoms with van der Waals surface area (Å²) in [7, 11) is 0. The predicted molar refractivity (Wildman–Crippen MR) is 103 cm³/mol. The Hall–Kier alpha value is -3.16. The Morgan fingerprint density at radius 2 is 2.04 bits per heavy atom. The number of amides is 1. The average Bonchev–Trinajstić information content (AvgIpc) is 2.94. The second-order valence-electron chi connectivity index (χ2n) is 6.15. The maximum absolute atomic E-state index is 11.9. The molecule has 27 heavy (non-hydrogen) atoms. The van der Waals surface area contributed by atoms with Gasteiger partial charge in [-0.15, -0.1) is 0 Å². The minimum Gasteiger partial charge on any atom is -0.490 e. The highest BCUT2D eigenvalue weighted by molar-refractivity contribution is 5.93. The largest absolute Gasteiger partial charge is 0.490 e. The van der Waals surface area contributed by atoms with E-state index in [2.05, 4.69) is 15.6 Å². The van der Waals surface area contributed by atoms with Crippen LogP contribution in [0.25, 0.3) is 0 Å². The molecule has 0 aliphatic carbocycles. The summed E-state index contributed by atoms with van der Waals surface area (Å²) in [6, 6.07) is 7.31. The maximum Gasteiger partial charge on any atom is 0.287 e. The molecule has 144 valence electrons. The van der Waals surface area contributed by atoms with Gasteiger partial charge >= 0.3 is 0 Å². The third kappa shape index (κ3) is 5.16. The van der Waals surface area contributed by atoms with Crippen molar-refractivity contribution in [1.82, 2.24) is 5.32 Å². The molecule has 2 aromatic rings. The van der Waals surface area contributed by atoms with E-state index in [-0.39, 0.29) is 5.91 Å². The fourth-order valence-corrected chi connectivity index (χ4v) is 2.59. The first-order valence-corrected chi connectivity index (χ1v) is 8.92. The Morgan fingerprint density at radius 1 is 1.22 bits per heavy atom. The molecular formula is C19H24N4O4. The number of aryl methyl sites for hydroxylation is 1. The van der Waals surface area contributed by atoms with Crippen molar-refractivity contribution in [3.8, 4) is 11.5 Å². The molecule has 0 atom stereocenters. The number of carbonyl (C=O) groups is 1. The van der Waals surface area contributed by atoms with Gasteiger partial charge in [0.2, 0.25) is 0 Å². The van der Waals surface area contributed by atoms with E-state index in [1.165, 1.54) is 6.26 Å². The lowest BCUT2D eigenvalue weighted by atomic mass is 10.2. The summed E-state index contributed by atoms with van der Waals surface area (Å²) in [5.41, 5.74) is 7.51. The Morgan fingerprint density at radius 3 is 2.81 bits per heavy atom. The summed E-state index contributed by atoms with van der Waals surface area (Å²) in [6.07, 6.45) is 3.02. The molecule has 4 N–H and O–H groups in total. The number of guanidine groups is 1. The minimum atomic E-state index is -0.222. The molecule has 1 aliphatic rings. The summed E-state index contributed by atoms with van der Waals surface area (Å²) in [5, 5.41) is 5.83. The zero-order valence-corrected chi connectivity index (χ0v) is 15.3. The summed E-state index contributed by atoms with van der Waals surface area (Å²) < 4.78 is 16.4. The average molecular weight is 372 g/mol. The van der Waals surface area contributed by atoms with Crippen LogP contribution in [-0.4, -0.2) is 38.2 Å². The maximum atomic E-state index is 11.9. The lowest BCUT2D eigenvalue weighted by Crippen LogP contribution is -2.26. The SMILES string of the molecule is Cc1ccoc1C(=O)NCCCN=C(N)Nc1ccc2c(c1)OCCCO2. The zero-order valence-electron chi connectivity index (χ0n) is 15.3. The minimum absolute atomic E-state index is 0.222. The van der Waals surface area contributed by atoms with Gasteiger partial charge in [0.15, 0.2) is 23.2 Å². The molecule has 1 aromatic heterocycles. The van der Waals surface area contributed by atoms with Crippen molar-refractivity contribution < 1.29 is 18.7 Å². The van der Waals surface area contributed by atoms with E-state index in [0.717, 1.165) is 23.4 Å². The van der Waals surface area contributed by atoms with Gasteiger partial charge in [0, 0.05) is 36.8 Å². The predicted octanol–water partition coefficient (Wildman–Crippen LogP) is 2.30. The standard InChI is InChI=1S/C19H24N4O4/c1-13-6-11-27-17(13)18(24)21-7-2-8-22-19(20)23-14-4-5-15-16(12-14)26-10-3-9-25-15/h4-6,11-12H,2-3,7-10H2,1H3,(H,21,24)(H3,20,22,23). The fraction of sp³-hybridized carbons (Fsp3) is 0.368. The van der Waals surface area contributed by atoms with E-state index < -0.39 is 0 Å². The first kappa shape index (κ1) is 18.6. The molecule has 2 heterocycles. The number of ether oxygens (including phenoxy) is 2. The number of furan rings is 1. The Kier molecular flexibility index (Phi) is 6.19. The number of hydrogen-bond donors (Lipinski definition) is 3. The number of fused-ring (bicyclic) bond motifs is 1. The summed E-state index contributed by atoms with van der Waals surface area (Å²) in [5.74, 6) is 1.85. The highest BCUT2D eigenvalue weighted by atomic mass is 16.5. The number of rotatable bonds is 6. The van der Waals surface area contributed by atoms with Gasteiger partial charge in [-0.25, -0.2) is 0 Å². The van der Waals surface area contributed by atoms with Crippen LogP contribution in [0.2, 0.25) is 0 Å². The van der Waals surface area contributed by atoms with Crippen molar-refractivity contribution in [2.75, 3.05) is 31.6 Å². The monoisotopic (exact) mass is 372 g/mol. The number of nitrogens with one attached hydrogen (secondary N) is 2. The molecule has 0 spiro atoms. The summed E-state index contributed by atoms with van der Waals surface area (Å²) in [4.78, 5) is 16.2. The van der Waals surface area contributed by atoms with Crippen LogP contribution in [0.5, 0.6) is 11.5 Å². The second kappa shape index (κ2) is 8.98. The van der Waals surface area contributed by atoms with Crippen molar-refractivity contribution in [1.29, 1.82) is 0 Å². The highest BCUT2D eigenvalue weighted by Gasteiger charge is 2.12. The van der Waals surface area contributed by atoms with Crippen molar-refractivity contribution in [2.24, 2.45) is 10.7 Å². The van der Waals surface area contributed by atoms with Gasteiger partial charge < -0.3 is 30.3 Å². The van der Waals surface area contributed by atoms with Crippen LogP contribution in [0, 0.1) is 6.92 Å². The molecule has 0 saturated carbocycles. The summed E-state index contributed by atoms with van der Waals surface area (Å²) in [6.45, 7) is 4.08. The zero-order chi connectivity index (χ0) is 19.1. The van der Waals surface area contributed by atoms with Gasteiger partial charge in [0.1, 0.15) is 0 Å². The molecule has 1 amide bonds. The van der Waals surface area contributed by atoms with E-state index in [4.69, 9.17) is 19.6 Å². The number of nitrogens with zero attached hydrogens (tertiary/aromatic N) is 1. The summed E-state index contributed by atoms with van der Waals surface area (Å²) >= 11 is 0.